The van der Waals surface area contributed by atoms with Gasteiger partial charge in [-0.2, -0.15) is 0 Å². The summed E-state index contributed by atoms with van der Waals surface area (Å²) in [7, 11) is 0. The Labute approximate surface area is 200 Å². The molecule has 1 aromatic heterocycles. The Balaban J connectivity index is 1.89. The summed E-state index contributed by atoms with van der Waals surface area (Å²) in [5.41, 5.74) is 1.89. The van der Waals surface area contributed by atoms with Crippen LogP contribution in [0.4, 0.5) is 5.69 Å². The molecule has 33 heavy (non-hydrogen) atoms. The van der Waals surface area contributed by atoms with E-state index >= 15 is 0 Å². The zero-order valence-electron chi connectivity index (χ0n) is 17.6. The lowest BCUT2D eigenvalue weighted by atomic mass is 9.97. The molecule has 3 aromatic rings. The van der Waals surface area contributed by atoms with Gasteiger partial charge in [0.05, 0.1) is 21.6 Å². The third-order valence-corrected chi connectivity index (χ3v) is 6.64. The van der Waals surface area contributed by atoms with Gasteiger partial charge in [0, 0.05) is 22.3 Å². The smallest absolute Gasteiger partial charge is 0.338 e. The van der Waals surface area contributed by atoms with Gasteiger partial charge in [0.2, 0.25) is 0 Å². The van der Waals surface area contributed by atoms with Gasteiger partial charge < -0.3 is 4.74 Å². The molecular formula is C23H18BrN3O5S. The SMILES string of the molecule is CCOC(=O)C1=C(C)n2c(s/c(=C\c3ccc([N+](=O)[O-])cc3)c2=O)=N[C@H]1c1ccc(Br)cc1. The number of hydrogen-bond acceptors (Lipinski definition) is 7. The van der Waals surface area contributed by atoms with Gasteiger partial charge in [-0.05, 0) is 55.3 Å². The maximum Gasteiger partial charge on any atom is 0.338 e. The molecule has 0 radical (unpaired) electrons. The Morgan fingerprint density at radius 2 is 1.91 bits per heavy atom. The molecule has 1 aliphatic heterocycles. The number of nitro benzene ring substituents is 1. The lowest BCUT2D eigenvalue weighted by Gasteiger charge is -2.22. The average molecular weight is 528 g/mol. The highest BCUT2D eigenvalue weighted by atomic mass is 79.9. The molecule has 0 amide bonds. The van der Waals surface area contributed by atoms with E-state index < -0.39 is 16.9 Å². The standard InChI is InChI=1S/C23H18BrN3O5S/c1-3-32-22(29)19-13(2)26-21(28)18(12-14-4-10-17(11-5-14)27(30)31)33-23(26)25-20(19)15-6-8-16(24)9-7-15/h4-12,20H,3H2,1-2H3/b18-12-/t20-/m0/s1. The van der Waals surface area contributed by atoms with E-state index in [0.717, 1.165) is 10.0 Å². The Morgan fingerprint density at radius 3 is 2.52 bits per heavy atom. The molecule has 0 aliphatic carbocycles. The Hall–Kier alpha value is -3.37. The summed E-state index contributed by atoms with van der Waals surface area (Å²) < 4.78 is 8.00. The number of hydrogen-bond donors (Lipinski definition) is 0. The van der Waals surface area contributed by atoms with Crippen LogP contribution < -0.4 is 14.9 Å². The van der Waals surface area contributed by atoms with Gasteiger partial charge in [0.1, 0.15) is 6.04 Å². The van der Waals surface area contributed by atoms with Gasteiger partial charge in [0.15, 0.2) is 4.80 Å². The molecule has 1 atom stereocenters. The van der Waals surface area contributed by atoms with Crippen molar-refractivity contribution >= 4 is 50.7 Å². The van der Waals surface area contributed by atoms with Gasteiger partial charge in [-0.25, -0.2) is 9.79 Å². The maximum atomic E-state index is 13.2. The highest BCUT2D eigenvalue weighted by molar-refractivity contribution is 9.10. The largest absolute Gasteiger partial charge is 0.463 e. The molecule has 0 N–H and O–H groups in total. The summed E-state index contributed by atoms with van der Waals surface area (Å²) in [5.74, 6) is -0.517. The van der Waals surface area contributed by atoms with Crippen LogP contribution in [0.15, 0.2) is 68.4 Å². The van der Waals surface area contributed by atoms with Crippen molar-refractivity contribution in [1.82, 2.24) is 4.57 Å². The molecule has 1 aliphatic rings. The minimum absolute atomic E-state index is 0.0282. The van der Waals surface area contributed by atoms with E-state index in [1.807, 2.05) is 24.3 Å². The maximum absolute atomic E-state index is 13.2. The minimum Gasteiger partial charge on any atom is -0.463 e. The molecule has 0 bridgehead atoms. The third kappa shape index (κ3) is 4.44. The number of allylic oxidation sites excluding steroid dienone is 1. The fraction of sp³-hybridized carbons (Fsp3) is 0.174. The number of nitrogens with zero attached hydrogens (tertiary/aromatic N) is 3. The van der Waals surface area contributed by atoms with Crippen LogP contribution in [0.2, 0.25) is 0 Å². The van der Waals surface area contributed by atoms with Crippen LogP contribution in [-0.4, -0.2) is 22.1 Å². The lowest BCUT2D eigenvalue weighted by molar-refractivity contribution is -0.384. The summed E-state index contributed by atoms with van der Waals surface area (Å²) in [6.45, 7) is 3.63. The molecule has 0 unspecified atom stereocenters. The van der Waals surface area contributed by atoms with Crippen molar-refractivity contribution in [3.63, 3.8) is 0 Å². The highest BCUT2D eigenvalue weighted by Gasteiger charge is 2.31. The minimum atomic E-state index is -0.609. The van der Waals surface area contributed by atoms with Crippen LogP contribution >= 0.6 is 27.3 Å². The molecule has 0 saturated carbocycles. The van der Waals surface area contributed by atoms with E-state index in [-0.39, 0.29) is 17.9 Å². The number of non-ortho nitro benzene ring substituents is 1. The van der Waals surface area contributed by atoms with E-state index in [9.17, 15) is 19.7 Å². The number of ether oxygens (including phenoxy) is 1. The number of aromatic nitrogens is 1. The molecule has 8 nitrogen and oxygen atoms in total. The first kappa shape index (κ1) is 22.8. The highest BCUT2D eigenvalue weighted by Crippen LogP contribution is 2.32. The average Bonchev–Trinajstić information content (AvgIpc) is 3.10. The normalized spacial score (nSPS) is 15.7. The summed E-state index contributed by atoms with van der Waals surface area (Å²) in [6, 6.07) is 12.8. The topological polar surface area (TPSA) is 104 Å². The van der Waals surface area contributed by atoms with Gasteiger partial charge in [-0.3, -0.25) is 19.5 Å². The van der Waals surface area contributed by atoms with Crippen molar-refractivity contribution in [3.8, 4) is 0 Å². The van der Waals surface area contributed by atoms with Gasteiger partial charge in [-0.1, -0.05) is 39.4 Å². The van der Waals surface area contributed by atoms with E-state index in [1.54, 1.807) is 32.1 Å². The second-order valence-electron chi connectivity index (χ2n) is 7.19. The number of carbonyl (C=O) groups is 1. The molecule has 2 heterocycles. The van der Waals surface area contributed by atoms with Gasteiger partial charge in [-0.15, -0.1) is 0 Å². The number of benzene rings is 2. The van der Waals surface area contributed by atoms with Crippen LogP contribution in [0, 0.1) is 10.1 Å². The second-order valence-corrected chi connectivity index (χ2v) is 9.11. The molecule has 2 aromatic carbocycles. The first-order chi connectivity index (χ1) is 15.8. The van der Waals surface area contributed by atoms with Crippen molar-refractivity contribution in [1.29, 1.82) is 0 Å². The predicted octanol–water partition coefficient (Wildman–Crippen LogP) is 3.58. The first-order valence-corrected chi connectivity index (χ1v) is 11.6. The predicted molar refractivity (Wildman–Crippen MR) is 128 cm³/mol. The van der Waals surface area contributed by atoms with Crippen molar-refractivity contribution in [2.75, 3.05) is 6.61 Å². The van der Waals surface area contributed by atoms with Crippen LogP contribution in [0.25, 0.3) is 11.8 Å². The van der Waals surface area contributed by atoms with E-state index in [2.05, 4.69) is 15.9 Å². The third-order valence-electron chi connectivity index (χ3n) is 5.13. The van der Waals surface area contributed by atoms with Gasteiger partial charge in [0.25, 0.3) is 11.2 Å². The summed E-state index contributed by atoms with van der Waals surface area (Å²) in [6.07, 6.45) is 1.66. The zero-order chi connectivity index (χ0) is 23.7. The van der Waals surface area contributed by atoms with Crippen LogP contribution in [0.5, 0.6) is 0 Å². The van der Waals surface area contributed by atoms with Crippen molar-refractivity contribution in [3.05, 3.63) is 99.5 Å². The Morgan fingerprint density at radius 1 is 1.24 bits per heavy atom. The first-order valence-electron chi connectivity index (χ1n) is 9.99. The quantitative estimate of drug-likeness (QED) is 0.286. The number of halogens is 1. The van der Waals surface area contributed by atoms with E-state index in [4.69, 9.17) is 9.73 Å². The zero-order valence-corrected chi connectivity index (χ0v) is 20.1. The summed E-state index contributed by atoms with van der Waals surface area (Å²) in [5, 5.41) is 10.9. The fourth-order valence-corrected chi connectivity index (χ4v) is 4.85. The summed E-state index contributed by atoms with van der Waals surface area (Å²) >= 11 is 4.61. The van der Waals surface area contributed by atoms with Crippen molar-refractivity contribution in [2.45, 2.75) is 19.9 Å². The molecule has 0 saturated heterocycles. The molecule has 4 rings (SSSR count). The van der Waals surface area contributed by atoms with Crippen molar-refractivity contribution in [2.24, 2.45) is 4.99 Å². The van der Waals surface area contributed by atoms with Crippen LogP contribution in [0.1, 0.15) is 31.0 Å². The number of thiazole rings is 1. The monoisotopic (exact) mass is 527 g/mol. The molecule has 10 heteroatoms. The molecule has 168 valence electrons. The van der Waals surface area contributed by atoms with Crippen LogP contribution in [-0.2, 0) is 9.53 Å². The Bertz CT molecular complexity index is 1450. The van der Waals surface area contributed by atoms with E-state index in [0.29, 0.717) is 26.2 Å². The molecular weight excluding hydrogens is 510 g/mol. The Kier molecular flexibility index (Phi) is 6.39. The summed E-state index contributed by atoms with van der Waals surface area (Å²) in [4.78, 5) is 41.6. The second kappa shape index (κ2) is 9.24. The van der Waals surface area contributed by atoms with E-state index in [1.165, 1.54) is 28.0 Å². The number of rotatable bonds is 5. The fourth-order valence-electron chi connectivity index (χ4n) is 3.55. The number of carbonyl (C=O) groups excluding carboxylic acids is 1. The van der Waals surface area contributed by atoms with Crippen molar-refractivity contribution < 1.29 is 14.5 Å². The van der Waals surface area contributed by atoms with Crippen LogP contribution in [0.3, 0.4) is 0 Å². The van der Waals surface area contributed by atoms with Gasteiger partial charge >= 0.3 is 5.97 Å². The number of nitro groups is 1. The lowest BCUT2D eigenvalue weighted by Crippen LogP contribution is -2.35. The molecule has 0 spiro atoms. The number of esters is 1. The number of fused-ring (bicyclic) bond motifs is 1. The molecule has 0 fully saturated rings.